The molecule has 0 aromatic heterocycles. The Morgan fingerprint density at radius 1 is 0.418 bits per heavy atom. The van der Waals surface area contributed by atoms with E-state index in [1.165, 1.54) is 21.0 Å². The topological polar surface area (TPSA) is 601 Å². The van der Waals surface area contributed by atoms with Gasteiger partial charge in [-0.15, -0.1) is 0 Å². The van der Waals surface area contributed by atoms with E-state index in [9.17, 15) is 68.1 Å². The highest BCUT2D eigenvalue weighted by Crippen LogP contribution is 2.10. The molecular weight excluding hydrogens is 1050 g/mol. The zero-order valence-corrected chi connectivity index (χ0v) is 44.5. The van der Waals surface area contributed by atoms with Crippen LogP contribution in [-0.4, -0.2) is 211 Å². The highest BCUT2D eigenvalue weighted by molar-refractivity contribution is 5.98. The summed E-state index contributed by atoms with van der Waals surface area (Å²) in [5.41, 5.74) is 21.9. The lowest BCUT2D eigenvalue weighted by Gasteiger charge is -2.28. The van der Waals surface area contributed by atoms with Crippen LogP contribution in [0.2, 0.25) is 0 Å². The lowest BCUT2D eigenvalue weighted by atomic mass is 10.0. The van der Waals surface area contributed by atoms with Crippen LogP contribution in [0.25, 0.3) is 0 Å². The fourth-order valence-corrected chi connectivity index (χ4v) is 7.06. The molecule has 0 aliphatic carbocycles. The number of hydrogen-bond donors (Lipinski definition) is 24. The van der Waals surface area contributed by atoms with Gasteiger partial charge in [-0.2, -0.15) is 0 Å². The molecule has 0 saturated heterocycles. The van der Waals surface area contributed by atoms with Crippen molar-refractivity contribution in [1.82, 2.24) is 69.1 Å². The van der Waals surface area contributed by atoms with Gasteiger partial charge < -0.3 is 112 Å². The lowest BCUT2D eigenvalue weighted by Crippen LogP contribution is -2.60. The van der Waals surface area contributed by atoms with E-state index in [1.807, 2.05) is 0 Å². The van der Waals surface area contributed by atoms with Gasteiger partial charge in [-0.1, -0.05) is 0 Å². The van der Waals surface area contributed by atoms with Gasteiger partial charge in [0.25, 0.3) is 0 Å². The van der Waals surface area contributed by atoms with Gasteiger partial charge in [0.2, 0.25) is 53.2 Å². The number of unbranched alkanes of at least 4 members (excludes halogenated alkanes) is 1. The molecule has 35 heteroatoms. The number of carboxylic acid groups (broad SMARTS) is 2. The first kappa shape index (κ1) is 70.8. The zero-order chi connectivity index (χ0) is 60.2. The van der Waals surface area contributed by atoms with Gasteiger partial charge in [0, 0.05) is 33.1 Å². The molecule has 0 saturated carbocycles. The number of aliphatic hydroxyl groups is 2. The maximum Gasteiger partial charge on any atom is 0.305 e. The number of hydrogen-bond acceptors (Lipinski definition) is 18. The second-order valence-corrected chi connectivity index (χ2v) is 17.7. The number of guanidine groups is 3. The van der Waals surface area contributed by atoms with E-state index in [1.54, 1.807) is 0 Å². The number of nitrogens with two attached hydrogens (primary N) is 4. The molecule has 0 unspecified atom stereocenters. The third-order valence-corrected chi connectivity index (χ3v) is 11.4. The summed E-state index contributed by atoms with van der Waals surface area (Å²) in [4.78, 5) is 145. The molecule has 0 aromatic rings. The normalized spacial score (nSPS) is 14.2. The van der Waals surface area contributed by atoms with Crippen molar-refractivity contribution >= 4 is 83.0 Å². The van der Waals surface area contributed by atoms with Gasteiger partial charge in [-0.25, -0.2) is 0 Å². The van der Waals surface area contributed by atoms with E-state index in [0.29, 0.717) is 6.42 Å². The van der Waals surface area contributed by atoms with Crippen molar-refractivity contribution in [3.05, 3.63) is 0 Å². The average Bonchev–Trinajstić information content (AvgIpc) is 3.38. The van der Waals surface area contributed by atoms with Crippen molar-refractivity contribution in [1.29, 1.82) is 16.2 Å². The largest absolute Gasteiger partial charge is 0.481 e. The van der Waals surface area contributed by atoms with Crippen molar-refractivity contribution in [2.45, 2.75) is 138 Å². The van der Waals surface area contributed by atoms with Gasteiger partial charge in [0.15, 0.2) is 17.9 Å². The van der Waals surface area contributed by atoms with E-state index >= 15 is 0 Å². The number of aliphatic hydroxyl groups excluding tert-OH is 2. The van der Waals surface area contributed by atoms with Crippen LogP contribution in [0, 0.1) is 16.2 Å². The van der Waals surface area contributed by atoms with Gasteiger partial charge in [-0.05, 0) is 84.7 Å². The number of amides is 9. The Morgan fingerprint density at radius 3 is 1.06 bits per heavy atom. The summed E-state index contributed by atoms with van der Waals surface area (Å²) in [5.74, 6) is -12.9. The minimum Gasteiger partial charge on any atom is -0.481 e. The van der Waals surface area contributed by atoms with Gasteiger partial charge in [0.05, 0.1) is 19.6 Å². The molecule has 0 bridgehead atoms. The molecule has 0 radical (unpaired) electrons. The Kier molecular flexibility index (Phi) is 35.2. The monoisotopic (exact) mass is 1130 g/mol. The molecule has 0 rings (SSSR count). The summed E-state index contributed by atoms with van der Waals surface area (Å²) in [6, 6.07) is -13.5. The number of aliphatic carboxylic acids is 2. The highest BCUT2D eigenvalue weighted by Gasteiger charge is 2.35. The molecule has 0 aliphatic rings. The summed E-state index contributed by atoms with van der Waals surface area (Å²) in [5, 5.41) is 92.5. The second-order valence-electron chi connectivity index (χ2n) is 17.7. The molecule has 0 fully saturated rings. The molecule has 9 amide bonds. The van der Waals surface area contributed by atoms with E-state index in [2.05, 4.69) is 69.1 Å². The fourth-order valence-electron chi connectivity index (χ4n) is 7.06. The summed E-state index contributed by atoms with van der Waals surface area (Å²) >= 11 is 0. The van der Waals surface area contributed by atoms with Crippen molar-refractivity contribution in [2.75, 3.05) is 53.5 Å². The number of carbonyl (C=O) groups excluding carboxylic acids is 9. The first-order valence-corrected chi connectivity index (χ1v) is 25.2. The van der Waals surface area contributed by atoms with Crippen LogP contribution in [0.15, 0.2) is 0 Å². The van der Waals surface area contributed by atoms with Crippen LogP contribution in [-0.2, 0) is 52.7 Å². The van der Waals surface area contributed by atoms with E-state index in [4.69, 9.17) is 44.3 Å². The standard InChI is InChI=1S/C44H82N20O15/c1-22(33(71)63-28(19-32(69)70)34(72)53-3)57-41(79)30(21-66)64-38(76)26(12-8-18-56-44(50)51)60-36(74)24(10-6-16-54-42(46)47)59-35(73)23(9-4-5-15-45)58-39(77)27(13-14-31(67)68)62-37(75)25(11-7-17-55-43(48)49)61-40(78)29(20-65)52-2/h22-30,52,65-66H,4-21,45H2,1-3H3,(H,53,72)(H,57,79)(H,58,77)(H,59,73)(H,60,74)(H,61,78)(H,62,75)(H,63,71)(H,64,76)(H,67,68)(H,69,70)(H4,46,47,54)(H4,48,49,55)(H4,50,51,56)/t22-,23-,24-,25-,26-,27+,28-,29-,30-/m0/s1. The van der Waals surface area contributed by atoms with E-state index in [0.717, 1.165) is 0 Å². The maximum atomic E-state index is 14.3. The molecular formula is C44H82N20O15. The summed E-state index contributed by atoms with van der Waals surface area (Å²) in [6.07, 6.45) is -1.90. The fraction of sp³-hybridized carbons (Fsp3) is 0.682. The maximum absolute atomic E-state index is 14.3. The molecule has 79 heavy (non-hydrogen) atoms. The van der Waals surface area contributed by atoms with Crippen molar-refractivity contribution in [2.24, 2.45) is 22.9 Å². The minimum absolute atomic E-state index is 0.00269. The quantitative estimate of drug-likeness (QED) is 0.0154. The van der Waals surface area contributed by atoms with Crippen LogP contribution in [0.4, 0.5) is 0 Å². The number of nitrogens with one attached hydrogen (secondary N) is 16. The predicted octanol–water partition coefficient (Wildman–Crippen LogP) is -9.54. The molecule has 0 aromatic carbocycles. The smallest absolute Gasteiger partial charge is 0.305 e. The van der Waals surface area contributed by atoms with Gasteiger partial charge in [-0.3, -0.25) is 69.0 Å². The number of carboxylic acids is 2. The summed E-state index contributed by atoms with van der Waals surface area (Å²) in [6.45, 7) is -0.320. The van der Waals surface area contributed by atoms with Gasteiger partial charge >= 0.3 is 11.9 Å². The summed E-state index contributed by atoms with van der Waals surface area (Å²) < 4.78 is 0. The number of carbonyl (C=O) groups is 11. The second kappa shape index (κ2) is 39.2. The minimum atomic E-state index is -1.78. The molecule has 9 atom stereocenters. The van der Waals surface area contributed by atoms with Gasteiger partial charge in [0.1, 0.15) is 54.4 Å². The van der Waals surface area contributed by atoms with Crippen LogP contribution in [0.1, 0.15) is 84.0 Å². The first-order valence-electron chi connectivity index (χ1n) is 25.2. The van der Waals surface area contributed by atoms with Crippen molar-refractivity contribution < 1.29 is 73.2 Å². The van der Waals surface area contributed by atoms with Crippen molar-refractivity contribution in [3.63, 3.8) is 0 Å². The number of likely N-dealkylation sites (N-methyl/N-ethyl adjacent to an activating group) is 2. The average molecular weight is 1130 g/mol. The summed E-state index contributed by atoms with van der Waals surface area (Å²) in [7, 11) is 2.58. The Bertz CT molecular complexity index is 2080. The van der Waals surface area contributed by atoms with Crippen LogP contribution in [0.3, 0.4) is 0 Å². The van der Waals surface area contributed by atoms with E-state index in [-0.39, 0.29) is 83.5 Å². The Labute approximate surface area is 455 Å². The molecule has 35 nitrogen and oxygen atoms in total. The van der Waals surface area contributed by atoms with Crippen LogP contribution < -0.4 is 92.1 Å². The first-order chi connectivity index (χ1) is 37.2. The third-order valence-electron chi connectivity index (χ3n) is 11.4. The Balaban J connectivity index is 6.93. The van der Waals surface area contributed by atoms with Crippen LogP contribution >= 0.6 is 0 Å². The third kappa shape index (κ3) is 30.4. The molecule has 0 spiro atoms. The lowest BCUT2D eigenvalue weighted by molar-refractivity contribution is -0.141. The molecule has 0 aliphatic heterocycles. The molecule has 0 heterocycles. The van der Waals surface area contributed by atoms with Crippen molar-refractivity contribution in [3.8, 4) is 0 Å². The Morgan fingerprint density at radius 2 is 0.747 bits per heavy atom. The van der Waals surface area contributed by atoms with E-state index < -0.39 is 164 Å². The highest BCUT2D eigenvalue weighted by atomic mass is 16.4. The SMILES string of the molecule is CNC(=O)[C@H](CC(=O)O)NC(=O)[C@H](C)NC(=O)[C@H](CO)NC(=O)[C@H](CCCNC(=N)N)NC(=O)[C@H](CCCNC(=N)N)NC(=O)[C@H](CCCCN)NC(=O)[C@@H](CCC(=O)O)NC(=O)[C@H](CCCNC(=N)N)NC(=O)[C@H](CO)NC. The number of rotatable bonds is 41. The predicted molar refractivity (Wildman–Crippen MR) is 282 cm³/mol. The van der Waals surface area contributed by atoms with Crippen LogP contribution in [0.5, 0.6) is 0 Å². The Hall–Kier alpha value is -8.18. The molecule has 28 N–H and O–H groups in total. The zero-order valence-electron chi connectivity index (χ0n) is 44.5. The molecule has 448 valence electrons.